The standard InChI is InChI=1S/C12H24O/c1-3-12(13,4-2)10-9-11-7-5-6-8-11/h11,13H,3-10H2,1-2H3. The average Bonchev–Trinajstić information content (AvgIpc) is 2.67. The highest BCUT2D eigenvalue weighted by atomic mass is 16.3. The monoisotopic (exact) mass is 184 g/mol. The van der Waals surface area contributed by atoms with Gasteiger partial charge in [-0.3, -0.25) is 0 Å². The summed E-state index contributed by atoms with van der Waals surface area (Å²) in [5.74, 6) is 0.921. The first-order chi connectivity index (χ1) is 6.20. The molecule has 0 aromatic heterocycles. The zero-order chi connectivity index (χ0) is 9.73. The van der Waals surface area contributed by atoms with Gasteiger partial charge >= 0.3 is 0 Å². The Morgan fingerprint density at radius 1 is 1.15 bits per heavy atom. The fourth-order valence-electron chi connectivity index (χ4n) is 2.38. The number of rotatable bonds is 5. The molecule has 1 N–H and O–H groups in total. The topological polar surface area (TPSA) is 20.2 Å². The van der Waals surface area contributed by atoms with Gasteiger partial charge in [-0.15, -0.1) is 0 Å². The molecule has 0 saturated heterocycles. The van der Waals surface area contributed by atoms with E-state index in [0.29, 0.717) is 0 Å². The van der Waals surface area contributed by atoms with E-state index in [-0.39, 0.29) is 5.60 Å². The lowest BCUT2D eigenvalue weighted by molar-refractivity contribution is 0.0177. The molecule has 78 valence electrons. The second kappa shape index (κ2) is 4.99. The van der Waals surface area contributed by atoms with Gasteiger partial charge in [0.2, 0.25) is 0 Å². The Morgan fingerprint density at radius 3 is 2.15 bits per heavy atom. The number of hydrogen-bond acceptors (Lipinski definition) is 1. The quantitative estimate of drug-likeness (QED) is 0.693. The Balaban J connectivity index is 2.22. The Labute approximate surface area is 82.5 Å². The average molecular weight is 184 g/mol. The highest BCUT2D eigenvalue weighted by molar-refractivity contribution is 4.77. The van der Waals surface area contributed by atoms with Gasteiger partial charge in [0.25, 0.3) is 0 Å². The molecule has 1 aliphatic rings. The van der Waals surface area contributed by atoms with Crippen LogP contribution in [-0.4, -0.2) is 10.7 Å². The zero-order valence-corrected chi connectivity index (χ0v) is 9.18. The van der Waals surface area contributed by atoms with Gasteiger partial charge < -0.3 is 5.11 Å². The number of aliphatic hydroxyl groups is 1. The summed E-state index contributed by atoms with van der Waals surface area (Å²) in [6.07, 6.45) is 9.74. The van der Waals surface area contributed by atoms with Crippen LogP contribution >= 0.6 is 0 Å². The SMILES string of the molecule is CCC(O)(CC)CCC1CCCC1. The lowest BCUT2D eigenvalue weighted by Crippen LogP contribution is -2.27. The second-order valence-corrected chi connectivity index (χ2v) is 4.62. The van der Waals surface area contributed by atoms with Crippen molar-refractivity contribution in [3.05, 3.63) is 0 Å². The van der Waals surface area contributed by atoms with Crippen molar-refractivity contribution in [2.24, 2.45) is 5.92 Å². The third-order valence-electron chi connectivity index (χ3n) is 3.81. The molecule has 0 atom stereocenters. The molecule has 0 aromatic rings. The lowest BCUT2D eigenvalue weighted by atomic mass is 9.87. The molecule has 0 amide bonds. The molecular formula is C12H24O. The molecule has 1 fully saturated rings. The van der Waals surface area contributed by atoms with Crippen LogP contribution < -0.4 is 0 Å². The molecule has 0 spiro atoms. The maximum Gasteiger partial charge on any atom is 0.0642 e. The largest absolute Gasteiger partial charge is 0.390 e. The van der Waals surface area contributed by atoms with Crippen molar-refractivity contribution in [1.29, 1.82) is 0 Å². The first kappa shape index (κ1) is 11.0. The van der Waals surface area contributed by atoms with Crippen LogP contribution in [0.4, 0.5) is 0 Å². The molecular weight excluding hydrogens is 160 g/mol. The minimum absolute atomic E-state index is 0.359. The van der Waals surface area contributed by atoms with Crippen LogP contribution in [0.2, 0.25) is 0 Å². The van der Waals surface area contributed by atoms with Crippen LogP contribution in [0.1, 0.15) is 65.2 Å². The van der Waals surface area contributed by atoms with Gasteiger partial charge in [0.05, 0.1) is 5.60 Å². The van der Waals surface area contributed by atoms with E-state index in [2.05, 4.69) is 13.8 Å². The van der Waals surface area contributed by atoms with E-state index in [1.807, 2.05) is 0 Å². The third-order valence-corrected chi connectivity index (χ3v) is 3.81. The minimum atomic E-state index is -0.359. The van der Waals surface area contributed by atoms with E-state index < -0.39 is 0 Å². The van der Waals surface area contributed by atoms with Crippen molar-refractivity contribution in [2.45, 2.75) is 70.8 Å². The Morgan fingerprint density at radius 2 is 1.69 bits per heavy atom. The summed E-state index contributed by atoms with van der Waals surface area (Å²) in [4.78, 5) is 0. The Kier molecular flexibility index (Phi) is 4.24. The normalized spacial score (nSPS) is 19.6. The van der Waals surface area contributed by atoms with E-state index in [1.165, 1.54) is 32.1 Å². The fourth-order valence-corrected chi connectivity index (χ4v) is 2.38. The van der Waals surface area contributed by atoms with Crippen LogP contribution in [0.25, 0.3) is 0 Å². The highest BCUT2D eigenvalue weighted by Gasteiger charge is 2.24. The molecule has 13 heavy (non-hydrogen) atoms. The van der Waals surface area contributed by atoms with Gasteiger partial charge in [-0.1, -0.05) is 39.5 Å². The van der Waals surface area contributed by atoms with E-state index >= 15 is 0 Å². The highest BCUT2D eigenvalue weighted by Crippen LogP contribution is 2.32. The smallest absolute Gasteiger partial charge is 0.0642 e. The Hall–Kier alpha value is -0.0400. The molecule has 1 nitrogen and oxygen atoms in total. The summed E-state index contributed by atoms with van der Waals surface area (Å²) in [6, 6.07) is 0. The summed E-state index contributed by atoms with van der Waals surface area (Å²) < 4.78 is 0. The summed E-state index contributed by atoms with van der Waals surface area (Å²) in [7, 11) is 0. The minimum Gasteiger partial charge on any atom is -0.390 e. The first-order valence-electron chi connectivity index (χ1n) is 5.92. The van der Waals surface area contributed by atoms with Crippen molar-refractivity contribution >= 4 is 0 Å². The van der Waals surface area contributed by atoms with E-state index in [0.717, 1.165) is 25.2 Å². The van der Waals surface area contributed by atoms with Crippen LogP contribution in [0.5, 0.6) is 0 Å². The maximum atomic E-state index is 10.1. The molecule has 1 rings (SSSR count). The molecule has 1 heteroatoms. The van der Waals surface area contributed by atoms with Gasteiger partial charge in [0.15, 0.2) is 0 Å². The van der Waals surface area contributed by atoms with Crippen molar-refractivity contribution in [2.75, 3.05) is 0 Å². The lowest BCUT2D eigenvalue weighted by Gasteiger charge is -2.26. The summed E-state index contributed by atoms with van der Waals surface area (Å²) in [5.41, 5.74) is -0.359. The molecule has 0 aromatic carbocycles. The van der Waals surface area contributed by atoms with Gasteiger partial charge in [-0.25, -0.2) is 0 Å². The van der Waals surface area contributed by atoms with Gasteiger partial charge in [0, 0.05) is 0 Å². The molecule has 1 saturated carbocycles. The van der Waals surface area contributed by atoms with E-state index in [9.17, 15) is 5.11 Å². The van der Waals surface area contributed by atoms with Gasteiger partial charge in [-0.2, -0.15) is 0 Å². The molecule has 0 radical (unpaired) electrons. The summed E-state index contributed by atoms with van der Waals surface area (Å²) >= 11 is 0. The summed E-state index contributed by atoms with van der Waals surface area (Å²) in [5, 5.41) is 10.1. The van der Waals surface area contributed by atoms with Crippen LogP contribution in [-0.2, 0) is 0 Å². The molecule has 1 aliphatic carbocycles. The first-order valence-corrected chi connectivity index (χ1v) is 5.92. The molecule has 0 heterocycles. The van der Waals surface area contributed by atoms with Crippen LogP contribution in [0.15, 0.2) is 0 Å². The molecule has 0 unspecified atom stereocenters. The zero-order valence-electron chi connectivity index (χ0n) is 9.18. The molecule has 0 aliphatic heterocycles. The van der Waals surface area contributed by atoms with Crippen molar-refractivity contribution in [1.82, 2.24) is 0 Å². The predicted octanol–water partition coefficient (Wildman–Crippen LogP) is 3.51. The third kappa shape index (κ3) is 3.30. The van der Waals surface area contributed by atoms with Crippen molar-refractivity contribution in [3.63, 3.8) is 0 Å². The molecule has 0 bridgehead atoms. The number of hydrogen-bond donors (Lipinski definition) is 1. The van der Waals surface area contributed by atoms with Gasteiger partial charge in [0.1, 0.15) is 0 Å². The van der Waals surface area contributed by atoms with Crippen LogP contribution in [0.3, 0.4) is 0 Å². The maximum absolute atomic E-state index is 10.1. The summed E-state index contributed by atoms with van der Waals surface area (Å²) in [6.45, 7) is 4.19. The van der Waals surface area contributed by atoms with Crippen molar-refractivity contribution in [3.8, 4) is 0 Å². The van der Waals surface area contributed by atoms with E-state index in [1.54, 1.807) is 0 Å². The fraction of sp³-hybridized carbons (Fsp3) is 1.00. The van der Waals surface area contributed by atoms with Crippen molar-refractivity contribution < 1.29 is 5.11 Å². The predicted molar refractivity (Wildman–Crippen MR) is 56.7 cm³/mol. The Bertz CT molecular complexity index is 132. The second-order valence-electron chi connectivity index (χ2n) is 4.62. The van der Waals surface area contributed by atoms with Crippen LogP contribution in [0, 0.1) is 5.92 Å². The van der Waals surface area contributed by atoms with Gasteiger partial charge in [-0.05, 0) is 31.6 Å². The van der Waals surface area contributed by atoms with E-state index in [4.69, 9.17) is 0 Å².